The van der Waals surface area contributed by atoms with Gasteiger partial charge in [-0.25, -0.2) is 0 Å². The summed E-state index contributed by atoms with van der Waals surface area (Å²) in [6.07, 6.45) is 0. The van der Waals surface area contributed by atoms with Gasteiger partial charge in [-0.3, -0.25) is 9.59 Å². The number of rotatable bonds is 9. The Morgan fingerprint density at radius 2 is 1.82 bits per heavy atom. The molecule has 1 heterocycles. The Morgan fingerprint density at radius 1 is 1.14 bits per heavy atom. The average Bonchev–Trinajstić information content (AvgIpc) is 2.91. The molecular weight excluding hydrogens is 318 g/mol. The quantitative estimate of drug-likeness (QED) is 0.536. The Balaban J connectivity index is 1.69. The summed E-state index contributed by atoms with van der Waals surface area (Å²) in [6.45, 7) is 1.66. The van der Waals surface area contributed by atoms with Gasteiger partial charge in [-0.1, -0.05) is 0 Å². The second-order valence-corrected chi connectivity index (χ2v) is 7.60. The summed E-state index contributed by atoms with van der Waals surface area (Å²) in [5, 5.41) is 5.79. The molecule has 0 aliphatic rings. The number of nitrogens with one attached hydrogen (secondary N) is 2. The molecular formula is C15H21N3O2S2. The maximum atomic E-state index is 11.4. The first kappa shape index (κ1) is 17.1. The molecule has 1 aromatic carbocycles. The van der Waals surface area contributed by atoms with Gasteiger partial charge < -0.3 is 15.5 Å². The molecule has 120 valence electrons. The predicted molar refractivity (Wildman–Crippen MR) is 97.3 cm³/mol. The fraction of sp³-hybridized carbons (Fsp3) is 0.467. The van der Waals surface area contributed by atoms with Gasteiger partial charge in [0.15, 0.2) is 0 Å². The lowest BCUT2D eigenvalue weighted by Gasteiger charge is -2.12. The number of hydrogen-bond acceptors (Lipinski definition) is 7. The molecule has 0 aliphatic heterocycles. The molecule has 0 saturated carbocycles. The van der Waals surface area contributed by atoms with Crippen LogP contribution in [0.2, 0.25) is 0 Å². The van der Waals surface area contributed by atoms with Crippen molar-refractivity contribution in [3.05, 3.63) is 42.3 Å². The first-order chi connectivity index (χ1) is 10.5. The molecule has 0 amide bonds. The summed E-state index contributed by atoms with van der Waals surface area (Å²) in [4.78, 5) is 27.5. The molecule has 0 aliphatic carbocycles. The van der Waals surface area contributed by atoms with Crippen LogP contribution in [0.1, 0.15) is 9.75 Å². The van der Waals surface area contributed by atoms with Crippen LogP contribution in [0.5, 0.6) is 0 Å². The zero-order valence-corrected chi connectivity index (χ0v) is 14.7. The second kappa shape index (κ2) is 7.80. The number of thioether (sulfide) groups is 1. The molecule has 0 spiro atoms. The number of nitrogens with zero attached hydrogens (tertiary/aromatic N) is 1. The van der Waals surface area contributed by atoms with E-state index in [1.807, 2.05) is 23.1 Å². The van der Waals surface area contributed by atoms with Crippen molar-refractivity contribution in [3.8, 4) is 0 Å². The van der Waals surface area contributed by atoms with Crippen LogP contribution in [0.25, 0.3) is 0 Å². The van der Waals surface area contributed by atoms with Crippen molar-refractivity contribution in [2.24, 2.45) is 0 Å². The van der Waals surface area contributed by atoms with E-state index in [4.69, 9.17) is 0 Å². The van der Waals surface area contributed by atoms with E-state index in [2.05, 4.69) is 41.8 Å². The minimum Gasteiger partial charge on any atom is -0.383 e. The third-order valence-electron chi connectivity index (χ3n) is 3.14. The monoisotopic (exact) mass is 339 g/mol. The van der Waals surface area contributed by atoms with Crippen molar-refractivity contribution in [3.63, 3.8) is 0 Å². The topological polar surface area (TPSA) is 61.4 Å². The van der Waals surface area contributed by atoms with Crippen molar-refractivity contribution >= 4 is 34.5 Å². The molecule has 2 aromatic rings. The number of hydrogen-bond donors (Lipinski definition) is 2. The summed E-state index contributed by atoms with van der Waals surface area (Å²) in [6, 6.07) is 4.36. The normalized spacial score (nSPS) is 11.3. The van der Waals surface area contributed by atoms with Crippen LogP contribution < -0.4 is 21.5 Å². The third kappa shape index (κ3) is 4.12. The van der Waals surface area contributed by atoms with E-state index in [-0.39, 0.29) is 0 Å². The highest BCUT2D eigenvalue weighted by Crippen LogP contribution is 2.22. The molecule has 0 atom stereocenters. The SMILES string of the molecule is CNc1c(NCCSCc2ccc(CN(C)C)s2)c(=O)c1=O. The molecule has 2 rings (SSSR count). The first-order valence-electron chi connectivity index (χ1n) is 7.08. The van der Waals surface area contributed by atoms with Gasteiger partial charge in [-0.05, 0) is 26.2 Å². The van der Waals surface area contributed by atoms with Gasteiger partial charge in [0, 0.05) is 41.4 Å². The van der Waals surface area contributed by atoms with Gasteiger partial charge in [-0.2, -0.15) is 11.8 Å². The zero-order valence-electron chi connectivity index (χ0n) is 13.1. The highest BCUT2D eigenvalue weighted by atomic mass is 32.2. The molecule has 1 aromatic heterocycles. The standard InChI is InChI=1S/C15H21N3O2S2/c1-16-12-13(15(20)14(12)19)17-6-7-21-9-11-5-4-10(22-11)8-18(2)3/h4-5,16-17H,6-9H2,1-3H3. The van der Waals surface area contributed by atoms with E-state index >= 15 is 0 Å². The van der Waals surface area contributed by atoms with Crippen LogP contribution in [-0.4, -0.2) is 38.3 Å². The van der Waals surface area contributed by atoms with E-state index in [1.54, 1.807) is 7.05 Å². The Morgan fingerprint density at radius 3 is 2.50 bits per heavy atom. The Labute approximate surface area is 138 Å². The van der Waals surface area contributed by atoms with Crippen molar-refractivity contribution in [1.29, 1.82) is 0 Å². The smallest absolute Gasteiger partial charge is 0.253 e. The van der Waals surface area contributed by atoms with Gasteiger partial charge >= 0.3 is 0 Å². The number of thiophene rings is 1. The molecule has 5 nitrogen and oxygen atoms in total. The van der Waals surface area contributed by atoms with Crippen molar-refractivity contribution in [2.75, 3.05) is 44.1 Å². The van der Waals surface area contributed by atoms with Crippen LogP contribution in [-0.2, 0) is 12.3 Å². The molecule has 2 N–H and O–H groups in total. The van der Waals surface area contributed by atoms with Crippen molar-refractivity contribution in [1.82, 2.24) is 4.90 Å². The van der Waals surface area contributed by atoms with Gasteiger partial charge in [0.25, 0.3) is 10.9 Å². The molecule has 0 radical (unpaired) electrons. The summed E-state index contributed by atoms with van der Waals surface area (Å²) < 4.78 is 0. The van der Waals surface area contributed by atoms with Crippen LogP contribution in [0.4, 0.5) is 11.4 Å². The van der Waals surface area contributed by atoms with Crippen molar-refractivity contribution < 1.29 is 0 Å². The summed E-state index contributed by atoms with van der Waals surface area (Å²) >= 11 is 3.67. The second-order valence-electron chi connectivity index (χ2n) is 5.24. The van der Waals surface area contributed by atoms with Gasteiger partial charge in [0.05, 0.1) is 0 Å². The van der Waals surface area contributed by atoms with E-state index in [1.165, 1.54) is 9.75 Å². The Hall–Kier alpha value is -1.31. The maximum Gasteiger partial charge on any atom is 0.253 e. The van der Waals surface area contributed by atoms with Gasteiger partial charge in [-0.15, -0.1) is 11.3 Å². The molecule has 0 fully saturated rings. The van der Waals surface area contributed by atoms with E-state index in [0.29, 0.717) is 17.9 Å². The zero-order chi connectivity index (χ0) is 16.1. The van der Waals surface area contributed by atoms with E-state index in [0.717, 1.165) is 18.1 Å². The summed E-state index contributed by atoms with van der Waals surface area (Å²) in [5.74, 6) is 1.87. The molecule has 7 heteroatoms. The number of anilines is 2. The minimum atomic E-state index is -0.426. The first-order valence-corrected chi connectivity index (χ1v) is 9.05. The third-order valence-corrected chi connectivity index (χ3v) is 5.40. The predicted octanol–water partition coefficient (Wildman–Crippen LogP) is 1.79. The summed E-state index contributed by atoms with van der Waals surface area (Å²) in [7, 11) is 5.79. The maximum absolute atomic E-state index is 11.4. The highest BCUT2D eigenvalue weighted by Gasteiger charge is 2.18. The van der Waals surface area contributed by atoms with Crippen LogP contribution >= 0.6 is 23.1 Å². The summed E-state index contributed by atoms with van der Waals surface area (Å²) in [5.41, 5.74) is -0.00956. The molecule has 22 heavy (non-hydrogen) atoms. The lowest BCUT2D eigenvalue weighted by molar-refractivity contribution is 0.406. The highest BCUT2D eigenvalue weighted by molar-refractivity contribution is 7.98. The molecule has 0 saturated heterocycles. The van der Waals surface area contributed by atoms with Crippen LogP contribution in [0, 0.1) is 0 Å². The minimum absolute atomic E-state index is 0.404. The fourth-order valence-corrected chi connectivity index (χ4v) is 4.22. The average molecular weight is 339 g/mol. The lowest BCUT2D eigenvalue weighted by Crippen LogP contribution is -2.37. The van der Waals surface area contributed by atoms with Gasteiger partial charge in [0.2, 0.25) is 0 Å². The largest absolute Gasteiger partial charge is 0.383 e. The van der Waals surface area contributed by atoms with E-state index in [9.17, 15) is 9.59 Å². The molecule has 0 bridgehead atoms. The fourth-order valence-electron chi connectivity index (χ4n) is 2.12. The van der Waals surface area contributed by atoms with E-state index < -0.39 is 10.9 Å². The Kier molecular flexibility index (Phi) is 6.05. The van der Waals surface area contributed by atoms with Crippen molar-refractivity contribution in [2.45, 2.75) is 12.3 Å². The molecule has 0 unspecified atom stereocenters. The van der Waals surface area contributed by atoms with Gasteiger partial charge in [0.1, 0.15) is 11.4 Å². The van der Waals surface area contributed by atoms with Crippen LogP contribution in [0.3, 0.4) is 0 Å². The van der Waals surface area contributed by atoms with Crippen LogP contribution in [0.15, 0.2) is 21.7 Å². The lowest BCUT2D eigenvalue weighted by atomic mass is 10.2. The Bertz CT molecular complexity index is 687.